The summed E-state index contributed by atoms with van der Waals surface area (Å²) >= 11 is 3.41. The molecule has 18 heavy (non-hydrogen) atoms. The van der Waals surface area contributed by atoms with E-state index >= 15 is 0 Å². The Labute approximate surface area is 117 Å². The summed E-state index contributed by atoms with van der Waals surface area (Å²) in [5, 5.41) is 0. The number of aromatic nitrogens is 2. The molecule has 0 aromatic carbocycles. The molecular formula is C14H21BrN2O. The van der Waals surface area contributed by atoms with Crippen LogP contribution in [0.25, 0.3) is 0 Å². The van der Waals surface area contributed by atoms with Crippen molar-refractivity contribution in [3.05, 3.63) is 16.5 Å². The average Bonchev–Trinajstić information content (AvgIpc) is 2.26. The molecule has 100 valence electrons. The van der Waals surface area contributed by atoms with Crippen LogP contribution in [-0.2, 0) is 6.42 Å². The van der Waals surface area contributed by atoms with Crippen molar-refractivity contribution in [3.8, 4) is 5.88 Å². The predicted octanol–water partition coefficient (Wildman–Crippen LogP) is 4.01. The quantitative estimate of drug-likeness (QED) is 0.791. The molecule has 0 N–H and O–H groups in total. The fourth-order valence-electron chi connectivity index (χ4n) is 2.80. The van der Waals surface area contributed by atoms with Gasteiger partial charge in [0, 0.05) is 12.5 Å². The molecule has 2 rings (SSSR count). The molecule has 0 bridgehead atoms. The fourth-order valence-corrected chi connectivity index (χ4v) is 3.20. The monoisotopic (exact) mass is 312 g/mol. The number of aryl methyl sites for hydroxylation is 1. The minimum Gasteiger partial charge on any atom is -0.474 e. The van der Waals surface area contributed by atoms with Gasteiger partial charge in [0.1, 0.15) is 16.5 Å². The van der Waals surface area contributed by atoms with E-state index in [1.165, 1.54) is 6.42 Å². The molecular weight excluding hydrogens is 292 g/mol. The first-order chi connectivity index (χ1) is 8.56. The number of ether oxygens (including phenoxy) is 1. The molecule has 0 radical (unpaired) electrons. The van der Waals surface area contributed by atoms with Gasteiger partial charge in [0.2, 0.25) is 5.88 Å². The van der Waals surface area contributed by atoms with Crippen LogP contribution in [0.4, 0.5) is 0 Å². The summed E-state index contributed by atoms with van der Waals surface area (Å²) in [6.07, 6.45) is 4.71. The molecule has 1 aromatic heterocycles. The Morgan fingerprint density at radius 3 is 2.50 bits per heavy atom. The Morgan fingerprint density at radius 1 is 1.22 bits per heavy atom. The summed E-state index contributed by atoms with van der Waals surface area (Å²) < 4.78 is 6.85. The van der Waals surface area contributed by atoms with Gasteiger partial charge in [0.25, 0.3) is 0 Å². The van der Waals surface area contributed by atoms with Crippen LogP contribution in [0, 0.1) is 11.8 Å². The van der Waals surface area contributed by atoms with Crippen LogP contribution in [0.1, 0.15) is 45.9 Å². The van der Waals surface area contributed by atoms with Crippen molar-refractivity contribution < 1.29 is 4.74 Å². The number of halogens is 1. The Bertz CT molecular complexity index is 401. The number of hydrogen-bond donors (Lipinski definition) is 0. The van der Waals surface area contributed by atoms with Gasteiger partial charge in [-0.3, -0.25) is 0 Å². The largest absolute Gasteiger partial charge is 0.474 e. The number of rotatable bonds is 3. The summed E-state index contributed by atoms with van der Waals surface area (Å²) in [7, 11) is 0. The molecule has 2 unspecified atom stereocenters. The molecule has 1 aliphatic rings. The van der Waals surface area contributed by atoms with Crippen LogP contribution in [0.5, 0.6) is 5.88 Å². The lowest BCUT2D eigenvalue weighted by molar-refractivity contribution is 0.0962. The van der Waals surface area contributed by atoms with Crippen LogP contribution >= 0.6 is 15.9 Å². The lowest BCUT2D eigenvalue weighted by atomic mass is 9.82. The third-order valence-corrected chi connectivity index (χ3v) is 3.86. The maximum Gasteiger partial charge on any atom is 0.217 e. The highest BCUT2D eigenvalue weighted by Crippen LogP contribution is 2.31. The zero-order chi connectivity index (χ0) is 13.1. The minimum absolute atomic E-state index is 0.301. The molecule has 1 heterocycles. The van der Waals surface area contributed by atoms with Crippen LogP contribution in [0.3, 0.4) is 0 Å². The Morgan fingerprint density at radius 2 is 1.89 bits per heavy atom. The first-order valence-corrected chi connectivity index (χ1v) is 7.56. The second-order valence-electron chi connectivity index (χ2n) is 5.46. The molecule has 4 heteroatoms. The van der Waals surface area contributed by atoms with E-state index < -0.39 is 0 Å². The maximum absolute atomic E-state index is 6.04. The lowest BCUT2D eigenvalue weighted by Gasteiger charge is -2.31. The highest BCUT2D eigenvalue weighted by Gasteiger charge is 2.25. The third-order valence-electron chi connectivity index (χ3n) is 3.46. The smallest absolute Gasteiger partial charge is 0.217 e. The van der Waals surface area contributed by atoms with E-state index in [9.17, 15) is 0 Å². The molecule has 0 amide bonds. The number of hydrogen-bond acceptors (Lipinski definition) is 3. The standard InChI is InChI=1S/C14H21BrN2O/c1-4-13-16-12(15)8-14(17-13)18-11-6-9(2)5-10(3)7-11/h8-11H,4-7H2,1-3H3. The van der Waals surface area contributed by atoms with E-state index in [1.54, 1.807) is 0 Å². The van der Waals surface area contributed by atoms with E-state index in [1.807, 2.05) is 6.07 Å². The first kappa shape index (κ1) is 13.8. The second-order valence-corrected chi connectivity index (χ2v) is 6.27. The van der Waals surface area contributed by atoms with Crippen molar-refractivity contribution in [2.75, 3.05) is 0 Å². The summed E-state index contributed by atoms with van der Waals surface area (Å²) in [6.45, 7) is 6.66. The van der Waals surface area contributed by atoms with Crippen molar-refractivity contribution >= 4 is 15.9 Å². The molecule has 3 nitrogen and oxygen atoms in total. The molecule has 1 aliphatic carbocycles. The van der Waals surface area contributed by atoms with Gasteiger partial charge in [-0.1, -0.05) is 20.8 Å². The van der Waals surface area contributed by atoms with Gasteiger partial charge in [0.15, 0.2) is 0 Å². The maximum atomic E-state index is 6.04. The molecule has 1 fully saturated rings. The van der Waals surface area contributed by atoms with Gasteiger partial charge >= 0.3 is 0 Å². The fraction of sp³-hybridized carbons (Fsp3) is 0.714. The topological polar surface area (TPSA) is 35.0 Å². The highest BCUT2D eigenvalue weighted by molar-refractivity contribution is 9.10. The molecule has 0 spiro atoms. The third kappa shape index (κ3) is 3.67. The second kappa shape index (κ2) is 6.00. The van der Waals surface area contributed by atoms with Gasteiger partial charge in [-0.05, 0) is 47.0 Å². The van der Waals surface area contributed by atoms with E-state index in [0.29, 0.717) is 12.0 Å². The molecule has 0 saturated heterocycles. The van der Waals surface area contributed by atoms with E-state index in [2.05, 4.69) is 46.7 Å². The molecule has 2 atom stereocenters. The molecule has 1 saturated carbocycles. The van der Waals surface area contributed by atoms with E-state index in [-0.39, 0.29) is 0 Å². The van der Waals surface area contributed by atoms with Gasteiger partial charge < -0.3 is 4.74 Å². The molecule has 1 aromatic rings. The lowest BCUT2D eigenvalue weighted by Crippen LogP contribution is -2.28. The van der Waals surface area contributed by atoms with Crippen LogP contribution in [-0.4, -0.2) is 16.1 Å². The van der Waals surface area contributed by atoms with Gasteiger partial charge in [-0.25, -0.2) is 4.98 Å². The minimum atomic E-state index is 0.301. The van der Waals surface area contributed by atoms with Gasteiger partial charge in [-0.15, -0.1) is 0 Å². The number of nitrogens with zero attached hydrogens (tertiary/aromatic N) is 2. The van der Waals surface area contributed by atoms with Crippen LogP contribution in [0.15, 0.2) is 10.7 Å². The normalized spacial score (nSPS) is 28.1. The van der Waals surface area contributed by atoms with Crippen molar-refractivity contribution in [2.24, 2.45) is 11.8 Å². The summed E-state index contributed by atoms with van der Waals surface area (Å²) in [4.78, 5) is 8.73. The Balaban J connectivity index is 2.06. The SMILES string of the molecule is CCc1nc(Br)cc(OC2CC(C)CC(C)C2)n1. The molecule has 0 aliphatic heterocycles. The van der Waals surface area contributed by atoms with Crippen LogP contribution < -0.4 is 4.74 Å². The van der Waals surface area contributed by atoms with Gasteiger partial charge in [0.05, 0.1) is 0 Å². The van der Waals surface area contributed by atoms with E-state index in [0.717, 1.165) is 41.5 Å². The van der Waals surface area contributed by atoms with Gasteiger partial charge in [-0.2, -0.15) is 4.98 Å². The van der Waals surface area contributed by atoms with Crippen molar-refractivity contribution in [1.82, 2.24) is 9.97 Å². The van der Waals surface area contributed by atoms with Crippen molar-refractivity contribution in [1.29, 1.82) is 0 Å². The Hall–Kier alpha value is -0.640. The summed E-state index contributed by atoms with van der Waals surface area (Å²) in [6, 6.07) is 1.86. The van der Waals surface area contributed by atoms with Crippen molar-refractivity contribution in [3.63, 3.8) is 0 Å². The predicted molar refractivity (Wildman–Crippen MR) is 75.7 cm³/mol. The first-order valence-electron chi connectivity index (χ1n) is 6.77. The zero-order valence-electron chi connectivity index (χ0n) is 11.3. The average molecular weight is 313 g/mol. The zero-order valence-corrected chi connectivity index (χ0v) is 12.9. The summed E-state index contributed by atoms with van der Waals surface area (Å²) in [5.74, 6) is 3.03. The Kier molecular flexibility index (Phi) is 4.60. The highest BCUT2D eigenvalue weighted by atomic mass is 79.9. The van der Waals surface area contributed by atoms with Crippen molar-refractivity contribution in [2.45, 2.75) is 52.6 Å². The van der Waals surface area contributed by atoms with E-state index in [4.69, 9.17) is 4.74 Å². The summed E-state index contributed by atoms with van der Waals surface area (Å²) in [5.41, 5.74) is 0. The van der Waals surface area contributed by atoms with Crippen LogP contribution in [0.2, 0.25) is 0 Å².